The summed E-state index contributed by atoms with van der Waals surface area (Å²) < 4.78 is 11.0. The third-order valence-corrected chi connectivity index (χ3v) is 8.39. The Hall–Kier alpha value is -2.32. The molecular formula is C27H42N2O6. The average Bonchev–Trinajstić information content (AvgIpc) is 2.82. The minimum atomic E-state index is -0.653. The van der Waals surface area contributed by atoms with Crippen molar-refractivity contribution in [2.24, 2.45) is 22.7 Å². The van der Waals surface area contributed by atoms with E-state index < -0.39 is 23.7 Å². The van der Waals surface area contributed by atoms with Crippen LogP contribution in [-0.2, 0) is 16.1 Å². The van der Waals surface area contributed by atoms with E-state index in [-0.39, 0.29) is 42.2 Å². The molecule has 2 amide bonds. The van der Waals surface area contributed by atoms with Gasteiger partial charge in [0.05, 0.1) is 19.8 Å². The number of nitrogens with one attached hydrogen (secondary N) is 2. The van der Waals surface area contributed by atoms with Crippen molar-refractivity contribution in [1.29, 1.82) is 0 Å². The monoisotopic (exact) mass is 490 g/mol. The highest BCUT2D eigenvalue weighted by Crippen LogP contribution is 2.61. The second-order valence-electron chi connectivity index (χ2n) is 11.0. The van der Waals surface area contributed by atoms with Gasteiger partial charge in [-0.2, -0.15) is 0 Å². The van der Waals surface area contributed by atoms with E-state index in [1.165, 1.54) is 0 Å². The SMILES string of the molecule is COc1ccc(CNC(=O)C[C@@H]2[C@H](O)CC[C@@H]3[C@](C)(CO)[C@H](OC(=O)NC(C)C)CC[C@]32C)cc1. The van der Waals surface area contributed by atoms with Gasteiger partial charge < -0.3 is 30.3 Å². The maximum atomic E-state index is 12.9. The zero-order valence-electron chi connectivity index (χ0n) is 21.7. The van der Waals surface area contributed by atoms with Gasteiger partial charge in [-0.05, 0) is 74.5 Å². The van der Waals surface area contributed by atoms with Crippen LogP contribution < -0.4 is 15.4 Å². The molecule has 0 radical (unpaired) electrons. The summed E-state index contributed by atoms with van der Waals surface area (Å²) in [7, 11) is 1.61. The molecule has 0 aromatic heterocycles. The van der Waals surface area contributed by atoms with Gasteiger partial charge in [0, 0.05) is 24.4 Å². The van der Waals surface area contributed by atoms with Gasteiger partial charge in [-0.15, -0.1) is 0 Å². The Kier molecular flexibility index (Phi) is 8.70. The minimum absolute atomic E-state index is 0.00777. The number of alkyl carbamates (subject to hydrolysis) is 1. The number of carbonyl (C=O) groups is 2. The van der Waals surface area contributed by atoms with Crippen LogP contribution >= 0.6 is 0 Å². The van der Waals surface area contributed by atoms with Gasteiger partial charge in [-0.25, -0.2) is 4.79 Å². The molecule has 8 heteroatoms. The van der Waals surface area contributed by atoms with Crippen molar-refractivity contribution in [3.63, 3.8) is 0 Å². The molecule has 2 aliphatic rings. The van der Waals surface area contributed by atoms with Crippen LogP contribution in [0.5, 0.6) is 5.75 Å². The summed E-state index contributed by atoms with van der Waals surface area (Å²) in [5, 5.41) is 27.2. The second kappa shape index (κ2) is 11.2. The first-order valence-corrected chi connectivity index (χ1v) is 12.7. The zero-order chi connectivity index (χ0) is 25.8. The van der Waals surface area contributed by atoms with Crippen molar-refractivity contribution in [3.8, 4) is 5.75 Å². The fourth-order valence-corrected chi connectivity index (χ4v) is 6.39. The number of hydrogen-bond donors (Lipinski definition) is 4. The molecule has 0 spiro atoms. The van der Waals surface area contributed by atoms with E-state index in [0.29, 0.717) is 32.2 Å². The molecule has 1 aromatic carbocycles. The van der Waals surface area contributed by atoms with Gasteiger partial charge in [0.1, 0.15) is 11.9 Å². The van der Waals surface area contributed by atoms with Gasteiger partial charge in [0.2, 0.25) is 5.91 Å². The summed E-state index contributed by atoms with van der Waals surface area (Å²) in [6.45, 7) is 8.12. The predicted octanol–water partition coefficient (Wildman–Crippen LogP) is 3.39. The first kappa shape index (κ1) is 27.3. The Labute approximate surface area is 208 Å². The van der Waals surface area contributed by atoms with Crippen molar-refractivity contribution < 1.29 is 29.3 Å². The van der Waals surface area contributed by atoms with Crippen molar-refractivity contribution in [2.75, 3.05) is 13.7 Å². The summed E-state index contributed by atoms with van der Waals surface area (Å²) >= 11 is 0. The van der Waals surface area contributed by atoms with Gasteiger partial charge in [-0.3, -0.25) is 4.79 Å². The molecular weight excluding hydrogens is 448 g/mol. The van der Waals surface area contributed by atoms with Crippen molar-refractivity contribution >= 4 is 12.0 Å². The first-order chi connectivity index (χ1) is 16.5. The van der Waals surface area contributed by atoms with Crippen LogP contribution in [0.1, 0.15) is 65.4 Å². The quantitative estimate of drug-likeness (QED) is 0.444. The summed E-state index contributed by atoms with van der Waals surface area (Å²) in [6.07, 6.45) is 1.27. The molecule has 0 bridgehead atoms. The summed E-state index contributed by atoms with van der Waals surface area (Å²) in [5.74, 6) is 0.423. The summed E-state index contributed by atoms with van der Waals surface area (Å²) in [4.78, 5) is 25.3. The van der Waals surface area contributed by atoms with Gasteiger partial charge >= 0.3 is 6.09 Å². The average molecular weight is 491 g/mol. The number of carbonyl (C=O) groups excluding carboxylic acids is 2. The molecule has 0 unspecified atom stereocenters. The largest absolute Gasteiger partial charge is 0.497 e. The summed E-state index contributed by atoms with van der Waals surface area (Å²) in [6, 6.07) is 7.50. The smallest absolute Gasteiger partial charge is 0.407 e. The molecule has 0 aliphatic heterocycles. The molecule has 196 valence electrons. The van der Waals surface area contributed by atoms with Crippen LogP contribution in [0.4, 0.5) is 4.79 Å². The van der Waals surface area contributed by atoms with E-state index >= 15 is 0 Å². The maximum Gasteiger partial charge on any atom is 0.407 e. The number of fused-ring (bicyclic) bond motifs is 1. The Balaban J connectivity index is 1.70. The number of aliphatic hydroxyl groups is 2. The molecule has 35 heavy (non-hydrogen) atoms. The Morgan fingerprint density at radius 1 is 1.14 bits per heavy atom. The fraction of sp³-hybridized carbons (Fsp3) is 0.704. The van der Waals surface area contributed by atoms with E-state index in [1.807, 2.05) is 45.0 Å². The van der Waals surface area contributed by atoms with E-state index in [9.17, 15) is 19.8 Å². The number of methoxy groups -OCH3 is 1. The van der Waals surface area contributed by atoms with Crippen molar-refractivity contribution in [1.82, 2.24) is 10.6 Å². The molecule has 0 heterocycles. The third-order valence-electron chi connectivity index (χ3n) is 8.39. The molecule has 0 saturated heterocycles. The lowest BCUT2D eigenvalue weighted by atomic mass is 9.46. The Morgan fingerprint density at radius 3 is 2.43 bits per heavy atom. The topological polar surface area (TPSA) is 117 Å². The maximum absolute atomic E-state index is 12.9. The standard InChI is InChI=1S/C27H42N2O6/c1-17(2)29-25(33)35-23-12-13-26(3)20(21(31)10-11-22(26)27(23,4)16-30)14-24(32)28-15-18-6-8-19(34-5)9-7-18/h6-9,17,20-23,30-31H,10-16H2,1-5H3,(H,28,32)(H,29,33)/t20-,21-,22+,23-,26+,27+/m1/s1. The van der Waals surface area contributed by atoms with Crippen molar-refractivity contribution in [2.45, 2.75) is 84.6 Å². The van der Waals surface area contributed by atoms with E-state index in [4.69, 9.17) is 9.47 Å². The molecule has 1 aromatic rings. The molecule has 3 rings (SSSR count). The van der Waals surface area contributed by atoms with Gasteiger partial charge in [0.25, 0.3) is 0 Å². The van der Waals surface area contributed by atoms with Gasteiger partial charge in [0.15, 0.2) is 0 Å². The van der Waals surface area contributed by atoms with Crippen LogP contribution in [-0.4, -0.2) is 54.2 Å². The molecule has 2 saturated carbocycles. The second-order valence-corrected chi connectivity index (χ2v) is 11.0. The lowest BCUT2D eigenvalue weighted by Gasteiger charge is -2.60. The Morgan fingerprint density at radius 2 is 1.83 bits per heavy atom. The summed E-state index contributed by atoms with van der Waals surface area (Å²) in [5.41, 5.74) is -0.0436. The van der Waals surface area contributed by atoms with Crippen LogP contribution in [0.2, 0.25) is 0 Å². The highest BCUT2D eigenvalue weighted by Gasteiger charge is 2.60. The highest BCUT2D eigenvalue weighted by atomic mass is 16.6. The number of benzene rings is 1. The number of aliphatic hydroxyl groups excluding tert-OH is 2. The normalized spacial score (nSPS) is 32.5. The highest BCUT2D eigenvalue weighted by molar-refractivity contribution is 5.76. The third kappa shape index (κ3) is 5.92. The Bertz CT molecular complexity index is 875. The minimum Gasteiger partial charge on any atom is -0.497 e. The number of amides is 2. The molecule has 2 aliphatic carbocycles. The number of ether oxygens (including phenoxy) is 2. The van der Waals surface area contributed by atoms with Gasteiger partial charge in [-0.1, -0.05) is 26.0 Å². The lowest BCUT2D eigenvalue weighted by Crippen LogP contribution is -2.61. The molecule has 6 atom stereocenters. The van der Waals surface area contributed by atoms with E-state index in [0.717, 1.165) is 11.3 Å². The molecule has 8 nitrogen and oxygen atoms in total. The predicted molar refractivity (Wildman–Crippen MR) is 133 cm³/mol. The van der Waals surface area contributed by atoms with Crippen LogP contribution in [0, 0.1) is 22.7 Å². The fourth-order valence-electron chi connectivity index (χ4n) is 6.39. The van der Waals surface area contributed by atoms with Crippen LogP contribution in [0.15, 0.2) is 24.3 Å². The van der Waals surface area contributed by atoms with E-state index in [1.54, 1.807) is 7.11 Å². The zero-order valence-corrected chi connectivity index (χ0v) is 21.7. The molecule has 4 N–H and O–H groups in total. The number of rotatable bonds is 8. The van der Waals surface area contributed by atoms with Crippen LogP contribution in [0.3, 0.4) is 0 Å². The van der Waals surface area contributed by atoms with Crippen LogP contribution in [0.25, 0.3) is 0 Å². The first-order valence-electron chi connectivity index (χ1n) is 12.7. The lowest BCUT2D eigenvalue weighted by molar-refractivity contribution is -0.186. The molecule has 2 fully saturated rings. The van der Waals surface area contributed by atoms with E-state index in [2.05, 4.69) is 17.6 Å². The number of hydrogen-bond acceptors (Lipinski definition) is 6. The van der Waals surface area contributed by atoms with Crippen molar-refractivity contribution in [3.05, 3.63) is 29.8 Å².